The minimum absolute atomic E-state index is 0.603. The highest BCUT2D eigenvalue weighted by Gasteiger charge is 2.15. The van der Waals surface area contributed by atoms with E-state index in [1.807, 2.05) is 78.1 Å². The summed E-state index contributed by atoms with van der Waals surface area (Å²) in [6.45, 7) is 0. The van der Waals surface area contributed by atoms with Crippen LogP contribution in [-0.2, 0) is 0 Å². The molecule has 0 saturated heterocycles. The van der Waals surface area contributed by atoms with Crippen LogP contribution in [0.5, 0.6) is 0 Å². The number of benzene rings is 7. The molecule has 50 heavy (non-hydrogen) atoms. The molecule has 0 bridgehead atoms. The molecular weight excluding hydrogens is 631 g/mol. The van der Waals surface area contributed by atoms with Gasteiger partial charge in [0.15, 0.2) is 17.5 Å². The zero-order chi connectivity index (χ0) is 33.0. The SMILES string of the molecule is c1ccc(-c2nc(-c3ccccc3)nc(-c3ccc4c(c3)oc3ccc(-c5cccc(-c6ccc7c(c6)sc6ccccc67)c5)cc34)n2)cc1. The topological polar surface area (TPSA) is 51.8 Å². The smallest absolute Gasteiger partial charge is 0.164 e. The van der Waals surface area contributed by atoms with E-state index in [4.69, 9.17) is 19.4 Å². The van der Waals surface area contributed by atoms with E-state index in [0.29, 0.717) is 17.5 Å². The van der Waals surface area contributed by atoms with Crippen molar-refractivity contribution in [3.63, 3.8) is 0 Å². The molecule has 5 heteroatoms. The van der Waals surface area contributed by atoms with Crippen molar-refractivity contribution in [3.05, 3.63) is 164 Å². The summed E-state index contributed by atoms with van der Waals surface area (Å²) in [6, 6.07) is 57.0. The Balaban J connectivity index is 1.03. The standard InChI is InChI=1S/C45H27N3OS/c1-3-10-28(11-4-1)43-46-44(29-12-5-2-6-13-29)48-45(47-43)34-19-21-35-38-25-32(20-23-39(38)49-40(35)26-34)30-14-9-15-31(24-30)33-18-22-37-36-16-7-8-17-41(36)50-42(37)27-33/h1-27H. The lowest BCUT2D eigenvalue weighted by Gasteiger charge is -2.08. The Bertz CT molecular complexity index is 2820. The van der Waals surface area contributed by atoms with Gasteiger partial charge in [0.05, 0.1) is 0 Å². The van der Waals surface area contributed by atoms with E-state index < -0.39 is 0 Å². The molecule has 0 aliphatic rings. The van der Waals surface area contributed by atoms with E-state index >= 15 is 0 Å². The normalized spacial score (nSPS) is 11.6. The highest BCUT2D eigenvalue weighted by molar-refractivity contribution is 7.25. The minimum Gasteiger partial charge on any atom is -0.456 e. The van der Waals surface area contributed by atoms with Gasteiger partial charge in [0.25, 0.3) is 0 Å². The number of thiophene rings is 1. The van der Waals surface area contributed by atoms with E-state index in [-0.39, 0.29) is 0 Å². The molecular formula is C45H27N3OS. The second-order valence-electron chi connectivity index (χ2n) is 12.5. The molecule has 234 valence electrons. The van der Waals surface area contributed by atoms with Gasteiger partial charge < -0.3 is 4.42 Å². The van der Waals surface area contributed by atoms with Gasteiger partial charge in [0.1, 0.15) is 11.2 Å². The summed E-state index contributed by atoms with van der Waals surface area (Å²) in [5.74, 6) is 1.87. The Hall–Kier alpha value is -6.43. The molecule has 0 saturated carbocycles. The summed E-state index contributed by atoms with van der Waals surface area (Å²) < 4.78 is 9.06. The summed E-state index contributed by atoms with van der Waals surface area (Å²) >= 11 is 1.85. The maximum Gasteiger partial charge on any atom is 0.164 e. The lowest BCUT2D eigenvalue weighted by atomic mass is 9.97. The zero-order valence-corrected chi connectivity index (χ0v) is 27.6. The molecule has 10 aromatic rings. The van der Waals surface area contributed by atoms with E-state index in [1.54, 1.807) is 0 Å². The van der Waals surface area contributed by atoms with Gasteiger partial charge in [-0.2, -0.15) is 0 Å². The quantitative estimate of drug-likeness (QED) is 0.185. The Morgan fingerprint density at radius 3 is 1.60 bits per heavy atom. The number of furan rings is 1. The van der Waals surface area contributed by atoms with Crippen molar-refractivity contribution >= 4 is 53.4 Å². The van der Waals surface area contributed by atoms with Crippen LogP contribution in [-0.4, -0.2) is 15.0 Å². The van der Waals surface area contributed by atoms with Crippen molar-refractivity contribution in [1.29, 1.82) is 0 Å². The maximum absolute atomic E-state index is 6.42. The van der Waals surface area contributed by atoms with Crippen LogP contribution in [0.4, 0.5) is 0 Å². The minimum atomic E-state index is 0.603. The molecule has 10 rings (SSSR count). The van der Waals surface area contributed by atoms with Gasteiger partial charge >= 0.3 is 0 Å². The van der Waals surface area contributed by atoms with Crippen molar-refractivity contribution in [1.82, 2.24) is 15.0 Å². The van der Waals surface area contributed by atoms with Crippen LogP contribution in [0, 0.1) is 0 Å². The fraction of sp³-hybridized carbons (Fsp3) is 0. The van der Waals surface area contributed by atoms with Crippen LogP contribution >= 0.6 is 11.3 Å². The maximum atomic E-state index is 6.42. The number of hydrogen-bond acceptors (Lipinski definition) is 5. The monoisotopic (exact) mass is 657 g/mol. The summed E-state index contributed by atoms with van der Waals surface area (Å²) in [5, 5.41) is 4.77. The fourth-order valence-corrected chi connectivity index (χ4v) is 7.96. The van der Waals surface area contributed by atoms with E-state index in [0.717, 1.165) is 44.2 Å². The number of aromatic nitrogens is 3. The van der Waals surface area contributed by atoms with Crippen LogP contribution in [0.25, 0.3) is 98.5 Å². The summed E-state index contributed by atoms with van der Waals surface area (Å²) in [7, 11) is 0. The lowest BCUT2D eigenvalue weighted by molar-refractivity contribution is 0.669. The van der Waals surface area contributed by atoms with Crippen LogP contribution < -0.4 is 0 Å². The molecule has 0 N–H and O–H groups in total. The number of hydrogen-bond donors (Lipinski definition) is 0. The molecule has 0 spiro atoms. The van der Waals surface area contributed by atoms with E-state index in [9.17, 15) is 0 Å². The third kappa shape index (κ3) is 4.95. The van der Waals surface area contributed by atoms with Crippen LogP contribution in [0.15, 0.2) is 168 Å². The van der Waals surface area contributed by atoms with Crippen molar-refractivity contribution in [3.8, 4) is 56.4 Å². The lowest BCUT2D eigenvalue weighted by Crippen LogP contribution is -2.00. The molecule has 3 aromatic heterocycles. The first kappa shape index (κ1) is 28.6. The van der Waals surface area contributed by atoms with Crippen molar-refractivity contribution in [2.24, 2.45) is 0 Å². The van der Waals surface area contributed by atoms with Crippen LogP contribution in [0.1, 0.15) is 0 Å². The molecule has 0 aliphatic heterocycles. The van der Waals surface area contributed by atoms with Gasteiger partial charge in [0, 0.05) is 47.6 Å². The Labute approximate surface area is 292 Å². The summed E-state index contributed by atoms with van der Waals surface area (Å²) in [5.41, 5.74) is 9.12. The Morgan fingerprint density at radius 1 is 0.320 bits per heavy atom. The predicted molar refractivity (Wildman–Crippen MR) is 207 cm³/mol. The number of nitrogens with zero attached hydrogens (tertiary/aromatic N) is 3. The van der Waals surface area contributed by atoms with Crippen LogP contribution in [0.2, 0.25) is 0 Å². The van der Waals surface area contributed by atoms with Crippen molar-refractivity contribution in [2.75, 3.05) is 0 Å². The average molecular weight is 658 g/mol. The molecule has 4 nitrogen and oxygen atoms in total. The third-order valence-corrected chi connectivity index (χ3v) is 10.5. The fourth-order valence-electron chi connectivity index (χ4n) is 6.82. The molecule has 0 fully saturated rings. The first-order valence-electron chi connectivity index (χ1n) is 16.6. The van der Waals surface area contributed by atoms with Gasteiger partial charge in [-0.3, -0.25) is 0 Å². The van der Waals surface area contributed by atoms with E-state index in [2.05, 4.69) is 97.1 Å². The van der Waals surface area contributed by atoms with Gasteiger partial charge in [-0.1, -0.05) is 121 Å². The van der Waals surface area contributed by atoms with Gasteiger partial charge in [-0.15, -0.1) is 11.3 Å². The van der Waals surface area contributed by atoms with Gasteiger partial charge in [-0.05, 0) is 64.7 Å². The molecule has 0 amide bonds. The zero-order valence-electron chi connectivity index (χ0n) is 26.7. The first-order valence-corrected chi connectivity index (χ1v) is 17.4. The second kappa shape index (κ2) is 11.6. The highest BCUT2D eigenvalue weighted by atomic mass is 32.1. The van der Waals surface area contributed by atoms with E-state index in [1.165, 1.54) is 36.9 Å². The molecule has 3 heterocycles. The van der Waals surface area contributed by atoms with Gasteiger partial charge in [0.2, 0.25) is 0 Å². The Kier molecular flexibility index (Phi) is 6.64. The highest BCUT2D eigenvalue weighted by Crippen LogP contribution is 2.38. The largest absolute Gasteiger partial charge is 0.456 e. The summed E-state index contributed by atoms with van der Waals surface area (Å²) in [6.07, 6.45) is 0. The first-order chi connectivity index (χ1) is 24.7. The molecule has 0 atom stereocenters. The van der Waals surface area contributed by atoms with Crippen molar-refractivity contribution < 1.29 is 4.42 Å². The molecule has 7 aromatic carbocycles. The molecule has 0 unspecified atom stereocenters. The Morgan fingerprint density at radius 2 is 0.860 bits per heavy atom. The third-order valence-electron chi connectivity index (χ3n) is 9.34. The number of rotatable bonds is 5. The molecule has 0 radical (unpaired) electrons. The summed E-state index contributed by atoms with van der Waals surface area (Å²) in [4.78, 5) is 14.7. The average Bonchev–Trinajstić information content (AvgIpc) is 3.75. The van der Waals surface area contributed by atoms with Crippen molar-refractivity contribution in [2.45, 2.75) is 0 Å². The van der Waals surface area contributed by atoms with Crippen LogP contribution in [0.3, 0.4) is 0 Å². The second-order valence-corrected chi connectivity index (χ2v) is 13.5. The number of fused-ring (bicyclic) bond motifs is 6. The predicted octanol–water partition coefficient (Wildman–Crippen LogP) is 12.5. The molecule has 0 aliphatic carbocycles. The van der Waals surface area contributed by atoms with Gasteiger partial charge in [-0.25, -0.2) is 15.0 Å².